The summed E-state index contributed by atoms with van der Waals surface area (Å²) in [6, 6.07) is 7.67. The number of aromatic nitrogens is 1. The van der Waals surface area contributed by atoms with Crippen LogP contribution < -0.4 is 5.32 Å². The molecule has 0 aliphatic carbocycles. The molecule has 106 valence electrons. The molecule has 1 unspecified atom stereocenters. The molecule has 0 aliphatic heterocycles. The van der Waals surface area contributed by atoms with Crippen molar-refractivity contribution in [3.63, 3.8) is 0 Å². The van der Waals surface area contributed by atoms with Gasteiger partial charge in [0.1, 0.15) is 11.9 Å². The van der Waals surface area contributed by atoms with E-state index in [1.54, 1.807) is 0 Å². The van der Waals surface area contributed by atoms with Crippen molar-refractivity contribution in [2.45, 2.75) is 39.2 Å². The number of benzene rings is 1. The number of para-hydroxylation sites is 1. The van der Waals surface area contributed by atoms with Crippen LogP contribution >= 0.6 is 0 Å². The number of hydrogen-bond acceptors (Lipinski definition) is 4. The number of unbranched alkanes of at least 4 members (excludes halogenated alkanes) is 1. The first kappa shape index (κ1) is 14.2. The second-order valence-corrected chi connectivity index (χ2v) is 4.98. The summed E-state index contributed by atoms with van der Waals surface area (Å²) in [4.78, 5) is 15.0. The van der Waals surface area contributed by atoms with Gasteiger partial charge in [0.2, 0.25) is 0 Å². The van der Waals surface area contributed by atoms with Gasteiger partial charge in [-0.25, -0.2) is 4.98 Å². The summed E-state index contributed by atoms with van der Waals surface area (Å²) in [5.74, 6) is 0. The number of nitrogens with one attached hydrogen (secondary N) is 1. The third-order valence-electron chi connectivity index (χ3n) is 3.33. The van der Waals surface area contributed by atoms with E-state index in [2.05, 4.69) is 24.1 Å². The minimum Gasteiger partial charge on any atom is -0.376 e. The Morgan fingerprint density at radius 2 is 2.15 bits per heavy atom. The van der Waals surface area contributed by atoms with Gasteiger partial charge in [-0.05, 0) is 19.4 Å². The number of rotatable bonds is 6. The van der Waals surface area contributed by atoms with E-state index in [4.69, 9.17) is 0 Å². The molecule has 0 radical (unpaired) electrons. The molecule has 0 saturated heterocycles. The lowest BCUT2D eigenvalue weighted by Crippen LogP contribution is -2.16. The quantitative estimate of drug-likeness (QED) is 0.634. The van der Waals surface area contributed by atoms with E-state index in [1.165, 1.54) is 6.20 Å². The molecule has 1 N–H and O–H groups in total. The van der Waals surface area contributed by atoms with E-state index < -0.39 is 0 Å². The van der Waals surface area contributed by atoms with Gasteiger partial charge in [0.25, 0.3) is 0 Å². The Kier molecular flexibility index (Phi) is 4.50. The molecule has 1 aromatic heterocycles. The fraction of sp³-hybridized carbons (Fsp3) is 0.400. The van der Waals surface area contributed by atoms with Crippen molar-refractivity contribution in [3.8, 4) is 0 Å². The lowest BCUT2D eigenvalue weighted by Gasteiger charge is -2.16. The number of fused-ring (bicyclic) bond motifs is 1. The van der Waals surface area contributed by atoms with Crippen LogP contribution in [0.15, 0.2) is 30.5 Å². The van der Waals surface area contributed by atoms with Crippen LogP contribution in [0.25, 0.3) is 10.9 Å². The Morgan fingerprint density at radius 1 is 1.40 bits per heavy atom. The van der Waals surface area contributed by atoms with Crippen molar-refractivity contribution in [1.29, 1.82) is 0 Å². The lowest BCUT2D eigenvalue weighted by atomic mass is 10.1. The molecule has 20 heavy (non-hydrogen) atoms. The summed E-state index contributed by atoms with van der Waals surface area (Å²) < 4.78 is 0. The summed E-state index contributed by atoms with van der Waals surface area (Å²) in [5, 5.41) is 15.3. The average Bonchev–Trinajstić information content (AvgIpc) is 2.45. The van der Waals surface area contributed by atoms with E-state index in [0.717, 1.165) is 30.2 Å². The standard InChI is InChI=1S/C15H19N3O2/c1-3-4-7-11(2)17-15-12-8-5-6-9-13(12)16-10-14(15)18(19)20/h5-6,8-11H,3-4,7H2,1-2H3,(H,16,17). The lowest BCUT2D eigenvalue weighted by molar-refractivity contribution is -0.384. The summed E-state index contributed by atoms with van der Waals surface area (Å²) >= 11 is 0. The minimum absolute atomic E-state index is 0.0343. The fourth-order valence-corrected chi connectivity index (χ4v) is 2.25. The Balaban J connectivity index is 2.41. The summed E-state index contributed by atoms with van der Waals surface area (Å²) in [5.41, 5.74) is 1.37. The maximum Gasteiger partial charge on any atom is 0.311 e. The van der Waals surface area contributed by atoms with Crippen LogP contribution in [0.3, 0.4) is 0 Å². The molecule has 0 aliphatic rings. The van der Waals surface area contributed by atoms with Crippen LogP contribution in [0.2, 0.25) is 0 Å². The van der Waals surface area contributed by atoms with Crippen LogP contribution in [-0.2, 0) is 0 Å². The van der Waals surface area contributed by atoms with Crippen LogP contribution in [0.1, 0.15) is 33.1 Å². The molecule has 0 bridgehead atoms. The zero-order chi connectivity index (χ0) is 14.5. The van der Waals surface area contributed by atoms with Crippen molar-refractivity contribution in [2.75, 3.05) is 5.32 Å². The largest absolute Gasteiger partial charge is 0.376 e. The van der Waals surface area contributed by atoms with E-state index in [-0.39, 0.29) is 16.7 Å². The third-order valence-corrected chi connectivity index (χ3v) is 3.33. The molecular formula is C15H19N3O2. The zero-order valence-electron chi connectivity index (χ0n) is 11.8. The third kappa shape index (κ3) is 3.04. The van der Waals surface area contributed by atoms with E-state index in [1.807, 2.05) is 24.3 Å². The van der Waals surface area contributed by atoms with Crippen molar-refractivity contribution in [2.24, 2.45) is 0 Å². The molecule has 5 heteroatoms. The number of nitrogens with zero attached hydrogens (tertiary/aromatic N) is 2. The molecule has 5 nitrogen and oxygen atoms in total. The maximum atomic E-state index is 11.2. The van der Waals surface area contributed by atoms with E-state index in [9.17, 15) is 10.1 Å². The van der Waals surface area contributed by atoms with Gasteiger partial charge in [0, 0.05) is 11.4 Å². The van der Waals surface area contributed by atoms with Gasteiger partial charge in [0.15, 0.2) is 0 Å². The van der Waals surface area contributed by atoms with Gasteiger partial charge in [0.05, 0.1) is 10.4 Å². The highest BCUT2D eigenvalue weighted by Gasteiger charge is 2.19. The molecule has 1 aromatic carbocycles. The maximum absolute atomic E-state index is 11.2. The molecule has 1 atom stereocenters. The van der Waals surface area contributed by atoms with Gasteiger partial charge in [-0.1, -0.05) is 38.0 Å². The summed E-state index contributed by atoms with van der Waals surface area (Å²) in [7, 11) is 0. The molecule has 2 aromatic rings. The zero-order valence-corrected chi connectivity index (χ0v) is 11.8. The monoisotopic (exact) mass is 273 g/mol. The van der Waals surface area contributed by atoms with Crippen LogP contribution in [0.5, 0.6) is 0 Å². The molecule has 1 heterocycles. The summed E-state index contributed by atoms with van der Waals surface area (Å²) in [6.07, 6.45) is 4.54. The Bertz CT molecular complexity index is 613. The number of pyridine rings is 1. The van der Waals surface area contributed by atoms with Crippen LogP contribution in [0, 0.1) is 10.1 Å². The topological polar surface area (TPSA) is 68.1 Å². The predicted octanol–water partition coefficient (Wildman–Crippen LogP) is 4.13. The normalized spacial score (nSPS) is 12.3. The Labute approximate surface area is 118 Å². The predicted molar refractivity (Wildman–Crippen MR) is 81.0 cm³/mol. The first-order chi connectivity index (χ1) is 9.63. The van der Waals surface area contributed by atoms with Crippen LogP contribution in [-0.4, -0.2) is 15.9 Å². The van der Waals surface area contributed by atoms with Crippen LogP contribution in [0.4, 0.5) is 11.4 Å². The number of anilines is 1. The van der Waals surface area contributed by atoms with Gasteiger partial charge < -0.3 is 5.32 Å². The molecule has 2 rings (SSSR count). The molecule has 0 fully saturated rings. The highest BCUT2D eigenvalue weighted by atomic mass is 16.6. The highest BCUT2D eigenvalue weighted by Crippen LogP contribution is 2.32. The average molecular weight is 273 g/mol. The number of nitro groups is 1. The number of hydrogen-bond donors (Lipinski definition) is 1. The van der Waals surface area contributed by atoms with Gasteiger partial charge in [-0.2, -0.15) is 0 Å². The second-order valence-electron chi connectivity index (χ2n) is 4.98. The van der Waals surface area contributed by atoms with Gasteiger partial charge in [-0.3, -0.25) is 10.1 Å². The molecule has 0 spiro atoms. The van der Waals surface area contributed by atoms with Crippen molar-refractivity contribution >= 4 is 22.3 Å². The SMILES string of the molecule is CCCCC(C)Nc1c([N+](=O)[O-])cnc2ccccc12. The van der Waals surface area contributed by atoms with Gasteiger partial charge >= 0.3 is 5.69 Å². The smallest absolute Gasteiger partial charge is 0.311 e. The van der Waals surface area contributed by atoms with Crippen molar-refractivity contribution in [1.82, 2.24) is 4.98 Å². The first-order valence-corrected chi connectivity index (χ1v) is 6.92. The summed E-state index contributed by atoms with van der Waals surface area (Å²) in [6.45, 7) is 4.19. The molecular weight excluding hydrogens is 254 g/mol. The fourth-order valence-electron chi connectivity index (χ4n) is 2.25. The minimum atomic E-state index is -0.381. The van der Waals surface area contributed by atoms with Gasteiger partial charge in [-0.15, -0.1) is 0 Å². The Hall–Kier alpha value is -2.17. The second kappa shape index (κ2) is 6.32. The molecule has 0 amide bonds. The van der Waals surface area contributed by atoms with E-state index >= 15 is 0 Å². The highest BCUT2D eigenvalue weighted by molar-refractivity contribution is 5.95. The van der Waals surface area contributed by atoms with E-state index in [0.29, 0.717) is 5.69 Å². The van der Waals surface area contributed by atoms with Crippen molar-refractivity contribution < 1.29 is 4.92 Å². The first-order valence-electron chi connectivity index (χ1n) is 6.92. The Morgan fingerprint density at radius 3 is 2.85 bits per heavy atom. The molecule has 0 saturated carbocycles. The van der Waals surface area contributed by atoms with Crippen molar-refractivity contribution in [3.05, 3.63) is 40.6 Å².